The summed E-state index contributed by atoms with van der Waals surface area (Å²) in [6.45, 7) is 2.85. The van der Waals surface area contributed by atoms with E-state index in [9.17, 15) is 9.59 Å². The summed E-state index contributed by atoms with van der Waals surface area (Å²) in [5.74, 6) is 0.700. The Hall–Kier alpha value is -2.28. The van der Waals surface area contributed by atoms with Crippen molar-refractivity contribution < 1.29 is 14.3 Å². The van der Waals surface area contributed by atoms with Gasteiger partial charge in [0, 0.05) is 24.3 Å². The molecule has 0 unspecified atom stereocenters. The molecule has 24 heavy (non-hydrogen) atoms. The minimum absolute atomic E-state index is 0.0669. The first-order valence-electron chi connectivity index (χ1n) is 8.43. The van der Waals surface area contributed by atoms with Crippen molar-refractivity contribution in [2.75, 3.05) is 37.3 Å². The number of anilines is 2. The third-order valence-corrected chi connectivity index (χ3v) is 4.66. The van der Waals surface area contributed by atoms with E-state index in [1.54, 1.807) is 12.1 Å². The van der Waals surface area contributed by atoms with Crippen molar-refractivity contribution in [1.82, 2.24) is 10.2 Å². The molecule has 1 aromatic rings. The molecule has 0 bridgehead atoms. The summed E-state index contributed by atoms with van der Waals surface area (Å²) < 4.78 is 4.95. The number of urea groups is 1. The minimum Gasteiger partial charge on any atom is -0.444 e. The molecule has 2 heterocycles. The van der Waals surface area contributed by atoms with Gasteiger partial charge in [0.05, 0.1) is 5.69 Å². The molecule has 1 saturated heterocycles. The van der Waals surface area contributed by atoms with Crippen LogP contribution < -0.4 is 16.0 Å². The van der Waals surface area contributed by atoms with Crippen molar-refractivity contribution in [2.24, 2.45) is 5.92 Å². The fraction of sp³-hybridized carbons (Fsp3) is 0.529. The van der Waals surface area contributed by atoms with E-state index in [4.69, 9.17) is 4.74 Å². The maximum atomic E-state index is 12.4. The summed E-state index contributed by atoms with van der Waals surface area (Å²) >= 11 is 0. The van der Waals surface area contributed by atoms with Gasteiger partial charge in [-0.25, -0.2) is 9.59 Å². The highest BCUT2D eigenvalue weighted by atomic mass is 16.5. The highest BCUT2D eigenvalue weighted by Gasteiger charge is 2.23. The average Bonchev–Trinajstić information content (AvgIpc) is 2.60. The summed E-state index contributed by atoms with van der Waals surface area (Å²) in [4.78, 5) is 25.5. The van der Waals surface area contributed by atoms with Crippen LogP contribution in [-0.2, 0) is 11.3 Å². The van der Waals surface area contributed by atoms with Crippen molar-refractivity contribution in [2.45, 2.75) is 25.9 Å². The smallest absolute Gasteiger partial charge is 0.411 e. The SMILES string of the molecule is CNCCC1CCN(C(=O)Nc2ccc3c(c2)COC(=O)N3)CC1. The zero-order chi connectivity index (χ0) is 16.9. The highest BCUT2D eigenvalue weighted by molar-refractivity contribution is 5.91. The largest absolute Gasteiger partial charge is 0.444 e. The van der Waals surface area contributed by atoms with Crippen molar-refractivity contribution in [3.05, 3.63) is 23.8 Å². The number of carbonyl (C=O) groups is 2. The summed E-state index contributed by atoms with van der Waals surface area (Å²) in [6.07, 6.45) is 2.83. The number of hydrogen-bond acceptors (Lipinski definition) is 4. The second-order valence-electron chi connectivity index (χ2n) is 6.33. The molecule has 2 aliphatic heterocycles. The lowest BCUT2D eigenvalue weighted by molar-refractivity contribution is 0.151. The number of amides is 3. The van der Waals surface area contributed by atoms with E-state index in [-0.39, 0.29) is 12.6 Å². The molecule has 2 aliphatic rings. The Labute approximate surface area is 141 Å². The van der Waals surface area contributed by atoms with E-state index < -0.39 is 6.09 Å². The maximum absolute atomic E-state index is 12.4. The number of ether oxygens (including phenoxy) is 1. The number of piperidine rings is 1. The second-order valence-corrected chi connectivity index (χ2v) is 6.33. The number of benzene rings is 1. The number of cyclic esters (lactones) is 1. The zero-order valence-corrected chi connectivity index (χ0v) is 13.9. The first kappa shape index (κ1) is 16.6. The van der Waals surface area contributed by atoms with Crippen LogP contribution in [0.4, 0.5) is 21.0 Å². The van der Waals surface area contributed by atoms with E-state index in [0.29, 0.717) is 5.92 Å². The van der Waals surface area contributed by atoms with E-state index in [1.807, 2.05) is 18.0 Å². The van der Waals surface area contributed by atoms with Crippen LogP contribution in [0.2, 0.25) is 0 Å². The van der Waals surface area contributed by atoms with E-state index in [2.05, 4.69) is 16.0 Å². The van der Waals surface area contributed by atoms with Gasteiger partial charge in [-0.05, 0) is 57.0 Å². The van der Waals surface area contributed by atoms with Crippen LogP contribution in [0.15, 0.2) is 18.2 Å². The maximum Gasteiger partial charge on any atom is 0.411 e. The number of nitrogens with one attached hydrogen (secondary N) is 3. The molecule has 1 aromatic carbocycles. The highest BCUT2D eigenvalue weighted by Crippen LogP contribution is 2.26. The first-order valence-corrected chi connectivity index (χ1v) is 8.43. The molecule has 7 heteroatoms. The van der Waals surface area contributed by atoms with Crippen LogP contribution in [0.5, 0.6) is 0 Å². The molecular weight excluding hydrogens is 308 g/mol. The van der Waals surface area contributed by atoms with Crippen LogP contribution in [0.1, 0.15) is 24.8 Å². The van der Waals surface area contributed by atoms with Crippen LogP contribution >= 0.6 is 0 Å². The van der Waals surface area contributed by atoms with Crippen molar-refractivity contribution in [1.29, 1.82) is 0 Å². The minimum atomic E-state index is -0.444. The van der Waals surface area contributed by atoms with E-state index in [0.717, 1.165) is 49.4 Å². The molecule has 0 aromatic heterocycles. The van der Waals surface area contributed by atoms with Crippen LogP contribution in [0.3, 0.4) is 0 Å². The van der Waals surface area contributed by atoms with Gasteiger partial charge in [-0.15, -0.1) is 0 Å². The van der Waals surface area contributed by atoms with Gasteiger partial charge in [0.25, 0.3) is 0 Å². The van der Waals surface area contributed by atoms with Crippen molar-refractivity contribution in [3.8, 4) is 0 Å². The van der Waals surface area contributed by atoms with Gasteiger partial charge in [0.2, 0.25) is 0 Å². The van der Waals surface area contributed by atoms with Gasteiger partial charge in [-0.1, -0.05) is 0 Å². The standard InChI is InChI=1S/C17H24N4O3/c1-18-7-4-12-5-8-21(9-6-12)16(22)19-14-2-3-15-13(10-14)11-24-17(23)20-15/h2-3,10,12,18H,4-9,11H2,1H3,(H,19,22)(H,20,23). The fourth-order valence-electron chi connectivity index (χ4n) is 3.18. The van der Waals surface area contributed by atoms with Gasteiger partial charge < -0.3 is 20.3 Å². The van der Waals surface area contributed by atoms with Gasteiger partial charge in [0.1, 0.15) is 6.61 Å². The predicted octanol–water partition coefficient (Wildman–Crippen LogP) is 2.60. The van der Waals surface area contributed by atoms with Crippen molar-refractivity contribution >= 4 is 23.5 Å². The fourth-order valence-corrected chi connectivity index (χ4v) is 3.18. The molecule has 130 valence electrons. The average molecular weight is 332 g/mol. The lowest BCUT2D eigenvalue weighted by Gasteiger charge is -2.32. The number of fused-ring (bicyclic) bond motifs is 1. The Morgan fingerprint density at radius 1 is 1.38 bits per heavy atom. The molecule has 0 radical (unpaired) electrons. The van der Waals surface area contributed by atoms with E-state index >= 15 is 0 Å². The summed E-state index contributed by atoms with van der Waals surface area (Å²) in [6, 6.07) is 5.35. The molecule has 0 atom stereocenters. The number of likely N-dealkylation sites (tertiary alicyclic amines) is 1. The molecule has 1 fully saturated rings. The number of carbonyl (C=O) groups excluding carboxylic acids is 2. The molecule has 0 spiro atoms. The molecule has 7 nitrogen and oxygen atoms in total. The number of rotatable bonds is 4. The molecule has 3 amide bonds. The molecule has 3 N–H and O–H groups in total. The predicted molar refractivity (Wildman–Crippen MR) is 92.1 cm³/mol. The zero-order valence-electron chi connectivity index (χ0n) is 13.9. The molecule has 0 aliphatic carbocycles. The third-order valence-electron chi connectivity index (χ3n) is 4.66. The third kappa shape index (κ3) is 3.97. The number of hydrogen-bond donors (Lipinski definition) is 3. The first-order chi connectivity index (χ1) is 11.7. The second kappa shape index (κ2) is 7.53. The van der Waals surface area contributed by atoms with Gasteiger partial charge in [0.15, 0.2) is 0 Å². The lowest BCUT2D eigenvalue weighted by atomic mass is 9.94. The molecule has 3 rings (SSSR count). The topological polar surface area (TPSA) is 82.7 Å². The Balaban J connectivity index is 1.53. The Kier molecular flexibility index (Phi) is 5.20. The Morgan fingerprint density at radius 2 is 2.17 bits per heavy atom. The summed E-state index contributed by atoms with van der Waals surface area (Å²) in [5, 5.41) is 8.75. The lowest BCUT2D eigenvalue weighted by Crippen LogP contribution is -2.41. The number of nitrogens with zero attached hydrogens (tertiary/aromatic N) is 1. The summed E-state index contributed by atoms with van der Waals surface area (Å²) in [7, 11) is 1.97. The van der Waals surface area contributed by atoms with Crippen LogP contribution in [-0.4, -0.2) is 43.7 Å². The van der Waals surface area contributed by atoms with Crippen LogP contribution in [0, 0.1) is 5.92 Å². The molecular formula is C17H24N4O3. The van der Waals surface area contributed by atoms with Gasteiger partial charge >= 0.3 is 12.1 Å². The monoisotopic (exact) mass is 332 g/mol. The Morgan fingerprint density at radius 3 is 2.92 bits per heavy atom. The quantitative estimate of drug-likeness (QED) is 0.791. The van der Waals surface area contributed by atoms with E-state index in [1.165, 1.54) is 6.42 Å². The normalized spacial score (nSPS) is 17.7. The van der Waals surface area contributed by atoms with Gasteiger partial charge in [-0.2, -0.15) is 0 Å². The van der Waals surface area contributed by atoms with Crippen LogP contribution in [0.25, 0.3) is 0 Å². The van der Waals surface area contributed by atoms with Crippen molar-refractivity contribution in [3.63, 3.8) is 0 Å². The molecule has 0 saturated carbocycles. The van der Waals surface area contributed by atoms with Gasteiger partial charge in [-0.3, -0.25) is 5.32 Å². The Bertz CT molecular complexity index is 612. The summed E-state index contributed by atoms with van der Waals surface area (Å²) in [5.41, 5.74) is 2.31.